The van der Waals surface area contributed by atoms with Gasteiger partial charge in [-0.05, 0) is 37.1 Å². The number of fused-ring (bicyclic) bond motifs is 1. The summed E-state index contributed by atoms with van der Waals surface area (Å²) in [6.07, 6.45) is 3.91. The Morgan fingerprint density at radius 1 is 1.32 bits per heavy atom. The van der Waals surface area contributed by atoms with Crippen LogP contribution in [0.2, 0.25) is 5.02 Å². The highest BCUT2D eigenvalue weighted by Gasteiger charge is 2.30. The normalized spacial score (nSPS) is 16.0. The molecule has 7 heteroatoms. The number of benzene rings is 1. The predicted molar refractivity (Wildman–Crippen MR) is 113 cm³/mol. The molecule has 1 unspecified atom stereocenters. The SMILES string of the molecule is CCOC(=O)c1c(NC(=O)/C=C\c2ccccc2Cl)sc2c1CC[NH+](CC)C2. The molecule has 0 bridgehead atoms. The molecule has 0 saturated heterocycles. The van der Waals surface area contributed by atoms with Gasteiger partial charge in [-0.25, -0.2) is 4.79 Å². The number of esters is 1. The van der Waals surface area contributed by atoms with Crippen LogP contribution in [0.4, 0.5) is 5.00 Å². The number of quaternary nitrogens is 1. The molecule has 1 aliphatic rings. The van der Waals surface area contributed by atoms with E-state index in [-0.39, 0.29) is 11.9 Å². The van der Waals surface area contributed by atoms with Crippen LogP contribution in [0.1, 0.15) is 40.2 Å². The first-order chi connectivity index (χ1) is 13.5. The molecule has 0 radical (unpaired) electrons. The molecule has 0 aliphatic carbocycles. The highest BCUT2D eigenvalue weighted by atomic mass is 35.5. The average molecular weight is 420 g/mol. The van der Waals surface area contributed by atoms with Crippen molar-refractivity contribution in [3.63, 3.8) is 0 Å². The van der Waals surface area contributed by atoms with Crippen molar-refractivity contribution < 1.29 is 19.2 Å². The largest absolute Gasteiger partial charge is 0.462 e. The molecule has 2 aromatic rings. The fraction of sp³-hybridized carbons (Fsp3) is 0.333. The number of halogens is 1. The average Bonchev–Trinajstić information content (AvgIpc) is 3.04. The third kappa shape index (κ3) is 4.63. The summed E-state index contributed by atoms with van der Waals surface area (Å²) >= 11 is 7.60. The van der Waals surface area contributed by atoms with Crippen LogP contribution in [0.25, 0.3) is 6.08 Å². The van der Waals surface area contributed by atoms with Gasteiger partial charge in [-0.2, -0.15) is 0 Å². The lowest BCUT2D eigenvalue weighted by molar-refractivity contribution is -0.913. The molecule has 28 heavy (non-hydrogen) atoms. The summed E-state index contributed by atoms with van der Waals surface area (Å²) in [5.41, 5.74) is 2.29. The van der Waals surface area contributed by atoms with E-state index in [2.05, 4.69) is 12.2 Å². The molecule has 2 N–H and O–H groups in total. The second-order valence-corrected chi connectivity index (χ2v) is 8.07. The van der Waals surface area contributed by atoms with E-state index in [0.29, 0.717) is 22.2 Å². The van der Waals surface area contributed by atoms with Gasteiger partial charge in [0.2, 0.25) is 5.91 Å². The van der Waals surface area contributed by atoms with Gasteiger partial charge in [0.1, 0.15) is 11.5 Å². The van der Waals surface area contributed by atoms with Crippen LogP contribution in [-0.4, -0.2) is 31.6 Å². The fourth-order valence-corrected chi connectivity index (χ4v) is 4.78. The lowest BCUT2D eigenvalue weighted by Gasteiger charge is -2.22. The van der Waals surface area contributed by atoms with Crippen LogP contribution in [0.5, 0.6) is 0 Å². The summed E-state index contributed by atoms with van der Waals surface area (Å²) in [6, 6.07) is 7.30. The van der Waals surface area contributed by atoms with Gasteiger partial charge in [-0.15, -0.1) is 11.3 Å². The Morgan fingerprint density at radius 3 is 2.82 bits per heavy atom. The minimum Gasteiger partial charge on any atom is -0.462 e. The quantitative estimate of drug-likeness (QED) is 0.558. The Hall–Kier alpha value is -2.15. The number of anilines is 1. The number of rotatable bonds is 6. The van der Waals surface area contributed by atoms with E-state index >= 15 is 0 Å². The number of nitrogens with one attached hydrogen (secondary N) is 2. The van der Waals surface area contributed by atoms with Crippen molar-refractivity contribution in [2.75, 3.05) is 25.0 Å². The van der Waals surface area contributed by atoms with E-state index in [1.54, 1.807) is 19.1 Å². The zero-order chi connectivity index (χ0) is 20.1. The summed E-state index contributed by atoms with van der Waals surface area (Å²) in [6.45, 7) is 7.12. The molecule has 2 heterocycles. The van der Waals surface area contributed by atoms with Crippen molar-refractivity contribution in [3.8, 4) is 0 Å². The smallest absolute Gasteiger partial charge is 0.341 e. The van der Waals surface area contributed by atoms with E-state index in [1.165, 1.54) is 22.3 Å². The molecule has 0 fully saturated rings. The van der Waals surface area contributed by atoms with E-state index in [1.807, 2.05) is 18.2 Å². The summed E-state index contributed by atoms with van der Waals surface area (Å²) < 4.78 is 5.25. The second kappa shape index (κ2) is 9.37. The molecular weight excluding hydrogens is 396 g/mol. The van der Waals surface area contributed by atoms with Gasteiger partial charge >= 0.3 is 5.97 Å². The summed E-state index contributed by atoms with van der Waals surface area (Å²) in [4.78, 5) is 27.6. The number of thiophene rings is 1. The first kappa shape index (κ1) is 20.6. The highest BCUT2D eigenvalue weighted by molar-refractivity contribution is 7.17. The zero-order valence-corrected chi connectivity index (χ0v) is 17.6. The molecule has 1 aromatic carbocycles. The number of likely N-dealkylation sites (N-methyl/N-ethyl adjacent to an activating group) is 1. The Kier molecular flexibility index (Phi) is 6.88. The third-order valence-corrected chi connectivity index (χ3v) is 6.26. The van der Waals surface area contributed by atoms with Crippen LogP contribution < -0.4 is 10.2 Å². The van der Waals surface area contributed by atoms with Crippen LogP contribution in [-0.2, 0) is 22.5 Å². The molecule has 1 amide bonds. The Labute approximate surface area is 173 Å². The molecular formula is C21H24ClN2O3S+. The molecule has 1 aliphatic heterocycles. The number of ether oxygens (including phenoxy) is 1. The first-order valence-corrected chi connectivity index (χ1v) is 10.6. The predicted octanol–water partition coefficient (Wildman–Crippen LogP) is 3.19. The van der Waals surface area contributed by atoms with E-state index in [9.17, 15) is 9.59 Å². The van der Waals surface area contributed by atoms with Crippen LogP contribution in [0.3, 0.4) is 0 Å². The van der Waals surface area contributed by atoms with Crippen molar-refractivity contribution in [3.05, 3.63) is 56.9 Å². The standard InChI is InChI=1S/C21H23ClN2O3S/c1-3-24-12-11-15-17(13-24)28-20(19(15)21(26)27-4-2)23-18(25)10-9-14-7-5-6-8-16(14)22/h5-10H,3-4,11-13H2,1-2H3,(H,23,25)/p+1/b10-9-. The maximum Gasteiger partial charge on any atom is 0.341 e. The van der Waals surface area contributed by atoms with Crippen molar-refractivity contribution in [2.24, 2.45) is 0 Å². The molecule has 0 spiro atoms. The van der Waals surface area contributed by atoms with Gasteiger partial charge in [-0.1, -0.05) is 29.8 Å². The van der Waals surface area contributed by atoms with Gasteiger partial charge in [0.25, 0.3) is 0 Å². The summed E-state index contributed by atoms with van der Waals surface area (Å²) in [7, 11) is 0. The second-order valence-electron chi connectivity index (χ2n) is 6.55. The molecule has 3 rings (SSSR count). The molecule has 1 atom stereocenters. The van der Waals surface area contributed by atoms with Crippen molar-refractivity contribution in [1.29, 1.82) is 0 Å². The van der Waals surface area contributed by atoms with Gasteiger partial charge in [0.15, 0.2) is 0 Å². The van der Waals surface area contributed by atoms with Gasteiger partial charge in [-0.3, -0.25) is 4.79 Å². The first-order valence-electron chi connectivity index (χ1n) is 9.42. The summed E-state index contributed by atoms with van der Waals surface area (Å²) in [5.74, 6) is -0.672. The number of hydrogen-bond donors (Lipinski definition) is 2. The van der Waals surface area contributed by atoms with Crippen LogP contribution >= 0.6 is 22.9 Å². The highest BCUT2D eigenvalue weighted by Crippen LogP contribution is 2.35. The molecule has 1 aromatic heterocycles. The number of carbonyl (C=O) groups excluding carboxylic acids is 2. The van der Waals surface area contributed by atoms with Crippen LogP contribution in [0, 0.1) is 0 Å². The maximum atomic E-state index is 12.5. The molecule has 0 saturated carbocycles. The van der Waals surface area contributed by atoms with E-state index < -0.39 is 0 Å². The Morgan fingerprint density at radius 2 is 2.11 bits per heavy atom. The Bertz CT molecular complexity index is 907. The number of carbonyl (C=O) groups is 2. The topological polar surface area (TPSA) is 59.8 Å². The van der Waals surface area contributed by atoms with Gasteiger partial charge in [0, 0.05) is 17.5 Å². The van der Waals surface area contributed by atoms with Gasteiger partial charge in [0.05, 0.1) is 30.1 Å². The van der Waals surface area contributed by atoms with Gasteiger partial charge < -0.3 is 15.0 Å². The Balaban J connectivity index is 1.84. The minimum atomic E-state index is -0.370. The van der Waals surface area contributed by atoms with Crippen molar-refractivity contribution in [1.82, 2.24) is 0 Å². The fourth-order valence-electron chi connectivity index (χ4n) is 3.27. The van der Waals surface area contributed by atoms with E-state index in [4.69, 9.17) is 16.3 Å². The van der Waals surface area contributed by atoms with Crippen molar-refractivity contribution in [2.45, 2.75) is 26.8 Å². The minimum absolute atomic E-state index is 0.301. The van der Waals surface area contributed by atoms with E-state index in [0.717, 1.165) is 42.1 Å². The maximum absolute atomic E-state index is 12.5. The number of hydrogen-bond acceptors (Lipinski definition) is 4. The van der Waals surface area contributed by atoms with Crippen LogP contribution in [0.15, 0.2) is 30.3 Å². The molecule has 5 nitrogen and oxygen atoms in total. The monoisotopic (exact) mass is 419 g/mol. The lowest BCUT2D eigenvalue weighted by Crippen LogP contribution is -3.11. The lowest BCUT2D eigenvalue weighted by atomic mass is 10.0. The third-order valence-electron chi connectivity index (χ3n) is 4.77. The zero-order valence-electron chi connectivity index (χ0n) is 16.0. The number of amides is 1. The molecule has 148 valence electrons. The van der Waals surface area contributed by atoms with Crippen molar-refractivity contribution >= 4 is 45.9 Å². The summed E-state index contributed by atoms with van der Waals surface area (Å²) in [5, 5.41) is 4.01.